The van der Waals surface area contributed by atoms with Gasteiger partial charge in [-0.05, 0) is 37.3 Å². The Morgan fingerprint density at radius 1 is 1.36 bits per heavy atom. The van der Waals surface area contributed by atoms with Crippen molar-refractivity contribution in [1.29, 1.82) is 0 Å². The molecule has 2 bridgehead atoms. The Labute approximate surface area is 125 Å². The number of fused-ring (bicyclic) bond motifs is 3. The SMILES string of the molecule is O=C(O)N1CC2CCC1C(Nc1ccc(C(F)(F)F)cn1)C2. The van der Waals surface area contributed by atoms with Crippen LogP contribution in [0.3, 0.4) is 0 Å². The van der Waals surface area contributed by atoms with Crippen LogP contribution in [0, 0.1) is 5.92 Å². The number of alkyl halides is 3. The van der Waals surface area contributed by atoms with E-state index in [1.165, 1.54) is 11.0 Å². The molecule has 2 N–H and O–H groups in total. The molecule has 5 nitrogen and oxygen atoms in total. The second-order valence-corrected chi connectivity index (χ2v) is 5.86. The van der Waals surface area contributed by atoms with Gasteiger partial charge in [0.25, 0.3) is 0 Å². The molecule has 0 aromatic carbocycles. The van der Waals surface area contributed by atoms with Gasteiger partial charge in [0.2, 0.25) is 0 Å². The fourth-order valence-electron chi connectivity index (χ4n) is 3.41. The number of amides is 1. The smallest absolute Gasteiger partial charge is 0.417 e. The molecule has 3 heterocycles. The first kappa shape index (κ1) is 14.9. The zero-order valence-corrected chi connectivity index (χ0v) is 11.7. The lowest BCUT2D eigenvalue weighted by Crippen LogP contribution is -2.59. The number of hydrogen-bond donors (Lipinski definition) is 2. The first-order valence-electron chi connectivity index (χ1n) is 7.14. The van der Waals surface area contributed by atoms with Crippen LogP contribution in [0.2, 0.25) is 0 Å². The van der Waals surface area contributed by atoms with Gasteiger partial charge in [-0.2, -0.15) is 13.2 Å². The molecule has 1 aliphatic carbocycles. The third-order valence-electron chi connectivity index (χ3n) is 4.45. The largest absolute Gasteiger partial charge is 0.465 e. The van der Waals surface area contributed by atoms with Crippen LogP contribution in [-0.4, -0.2) is 39.7 Å². The molecule has 0 spiro atoms. The second kappa shape index (κ2) is 5.33. The van der Waals surface area contributed by atoms with Gasteiger partial charge in [0.15, 0.2) is 0 Å². The van der Waals surface area contributed by atoms with Crippen molar-refractivity contribution in [1.82, 2.24) is 9.88 Å². The fraction of sp³-hybridized carbons (Fsp3) is 0.571. The van der Waals surface area contributed by atoms with E-state index in [0.29, 0.717) is 18.3 Å². The molecule has 22 heavy (non-hydrogen) atoms. The summed E-state index contributed by atoms with van der Waals surface area (Å²) in [5.74, 6) is 0.643. The summed E-state index contributed by atoms with van der Waals surface area (Å²) in [7, 11) is 0. The van der Waals surface area contributed by atoms with Gasteiger partial charge in [0, 0.05) is 18.8 Å². The van der Waals surface area contributed by atoms with Crippen molar-refractivity contribution in [3.05, 3.63) is 23.9 Å². The number of halogens is 3. The highest BCUT2D eigenvalue weighted by Crippen LogP contribution is 2.36. The summed E-state index contributed by atoms with van der Waals surface area (Å²) >= 11 is 0. The summed E-state index contributed by atoms with van der Waals surface area (Å²) in [6.07, 6.45) is -1.98. The van der Waals surface area contributed by atoms with Gasteiger partial charge >= 0.3 is 12.3 Å². The molecule has 1 saturated carbocycles. The van der Waals surface area contributed by atoms with Gasteiger partial charge in [-0.25, -0.2) is 9.78 Å². The Morgan fingerprint density at radius 3 is 2.68 bits per heavy atom. The Hall–Kier alpha value is -1.99. The quantitative estimate of drug-likeness (QED) is 0.880. The molecule has 2 saturated heterocycles. The zero-order chi connectivity index (χ0) is 15.9. The van der Waals surface area contributed by atoms with Crippen LogP contribution in [0.5, 0.6) is 0 Å². The summed E-state index contributed by atoms with van der Waals surface area (Å²) < 4.78 is 37.5. The summed E-state index contributed by atoms with van der Waals surface area (Å²) in [4.78, 5) is 16.5. The molecule has 1 amide bonds. The van der Waals surface area contributed by atoms with Crippen molar-refractivity contribution in [2.24, 2.45) is 5.92 Å². The van der Waals surface area contributed by atoms with Crippen molar-refractivity contribution < 1.29 is 23.1 Å². The molecular weight excluding hydrogens is 299 g/mol. The van der Waals surface area contributed by atoms with Gasteiger partial charge in [0.05, 0.1) is 11.6 Å². The predicted molar refractivity (Wildman–Crippen MR) is 72.5 cm³/mol. The normalized spacial score (nSPS) is 27.8. The van der Waals surface area contributed by atoms with Crippen LogP contribution >= 0.6 is 0 Å². The fourth-order valence-corrected chi connectivity index (χ4v) is 3.41. The van der Waals surface area contributed by atoms with Gasteiger partial charge in [-0.15, -0.1) is 0 Å². The van der Waals surface area contributed by atoms with Crippen molar-refractivity contribution in [2.75, 3.05) is 11.9 Å². The highest BCUT2D eigenvalue weighted by Gasteiger charge is 2.43. The zero-order valence-electron chi connectivity index (χ0n) is 11.7. The third-order valence-corrected chi connectivity index (χ3v) is 4.45. The molecule has 8 heteroatoms. The lowest BCUT2D eigenvalue weighted by molar-refractivity contribution is -0.137. The number of carbonyl (C=O) groups is 1. The maximum atomic E-state index is 12.5. The maximum absolute atomic E-state index is 12.5. The summed E-state index contributed by atoms with van der Waals surface area (Å²) in [5, 5.41) is 12.3. The minimum absolute atomic E-state index is 0.104. The average molecular weight is 315 g/mol. The molecule has 3 fully saturated rings. The molecule has 4 rings (SSSR count). The van der Waals surface area contributed by atoms with Crippen molar-refractivity contribution in [3.63, 3.8) is 0 Å². The predicted octanol–water partition coefficient (Wildman–Crippen LogP) is 3.04. The van der Waals surface area contributed by atoms with E-state index < -0.39 is 17.8 Å². The van der Waals surface area contributed by atoms with E-state index in [0.717, 1.165) is 31.5 Å². The molecule has 0 radical (unpaired) electrons. The summed E-state index contributed by atoms with van der Waals surface area (Å²) in [6.45, 7) is 0.540. The Kier molecular flexibility index (Phi) is 3.62. The van der Waals surface area contributed by atoms with Crippen molar-refractivity contribution in [2.45, 2.75) is 37.5 Å². The van der Waals surface area contributed by atoms with Crippen molar-refractivity contribution >= 4 is 11.9 Å². The number of piperidine rings is 2. The Balaban J connectivity index is 1.72. The van der Waals surface area contributed by atoms with E-state index in [9.17, 15) is 23.1 Å². The molecule has 3 aliphatic rings. The van der Waals surface area contributed by atoms with Gasteiger partial charge in [0.1, 0.15) is 5.82 Å². The second-order valence-electron chi connectivity index (χ2n) is 5.86. The van der Waals surface area contributed by atoms with Crippen LogP contribution in [0.15, 0.2) is 18.3 Å². The number of hydrogen-bond acceptors (Lipinski definition) is 3. The maximum Gasteiger partial charge on any atom is 0.417 e. The van der Waals surface area contributed by atoms with Crippen LogP contribution in [0.4, 0.5) is 23.8 Å². The summed E-state index contributed by atoms with van der Waals surface area (Å²) in [5.41, 5.74) is -0.796. The molecule has 2 aliphatic heterocycles. The van der Waals surface area contributed by atoms with E-state index in [-0.39, 0.29) is 12.1 Å². The van der Waals surface area contributed by atoms with Crippen LogP contribution < -0.4 is 5.32 Å². The van der Waals surface area contributed by atoms with E-state index in [1.807, 2.05) is 0 Å². The first-order valence-corrected chi connectivity index (χ1v) is 7.14. The van der Waals surface area contributed by atoms with Gasteiger partial charge < -0.3 is 15.3 Å². The number of nitrogens with one attached hydrogen (secondary N) is 1. The highest BCUT2D eigenvalue weighted by molar-refractivity contribution is 5.66. The average Bonchev–Trinajstić information content (AvgIpc) is 2.47. The molecule has 3 atom stereocenters. The highest BCUT2D eigenvalue weighted by atomic mass is 19.4. The van der Waals surface area contributed by atoms with E-state index in [4.69, 9.17) is 0 Å². The lowest BCUT2D eigenvalue weighted by Gasteiger charge is -2.48. The Bertz CT molecular complexity index is 561. The van der Waals surface area contributed by atoms with Gasteiger partial charge in [-0.1, -0.05) is 0 Å². The van der Waals surface area contributed by atoms with E-state index in [1.54, 1.807) is 0 Å². The number of pyridine rings is 1. The minimum Gasteiger partial charge on any atom is -0.465 e. The number of nitrogens with zero attached hydrogens (tertiary/aromatic N) is 2. The van der Waals surface area contributed by atoms with Crippen molar-refractivity contribution in [3.8, 4) is 0 Å². The molecule has 1 aromatic heterocycles. The minimum atomic E-state index is -4.41. The first-order chi connectivity index (χ1) is 10.3. The topological polar surface area (TPSA) is 65.5 Å². The van der Waals surface area contributed by atoms with E-state index in [2.05, 4.69) is 10.3 Å². The van der Waals surface area contributed by atoms with Crippen LogP contribution in [0.25, 0.3) is 0 Å². The lowest BCUT2D eigenvalue weighted by atomic mass is 9.76. The molecule has 1 aromatic rings. The monoisotopic (exact) mass is 315 g/mol. The number of aromatic nitrogens is 1. The Morgan fingerprint density at radius 2 is 2.14 bits per heavy atom. The van der Waals surface area contributed by atoms with Crippen LogP contribution in [-0.2, 0) is 6.18 Å². The molecule has 3 unspecified atom stereocenters. The number of carboxylic acid groups (broad SMARTS) is 1. The molecule has 120 valence electrons. The van der Waals surface area contributed by atoms with Gasteiger partial charge in [-0.3, -0.25) is 0 Å². The van der Waals surface area contributed by atoms with Crippen LogP contribution in [0.1, 0.15) is 24.8 Å². The third kappa shape index (κ3) is 2.82. The number of rotatable bonds is 2. The summed E-state index contributed by atoms with van der Waals surface area (Å²) in [6, 6.07) is 2.01. The molecular formula is C14H16F3N3O2. The standard InChI is InChI=1S/C14H16F3N3O2/c15-14(16,17)9-2-4-12(18-6-9)19-10-5-8-1-3-11(10)20(7-8)13(21)22/h2,4,6,8,10-11H,1,3,5,7H2,(H,18,19)(H,21,22). The van der Waals surface area contributed by atoms with E-state index >= 15 is 0 Å². The number of anilines is 1.